The summed E-state index contributed by atoms with van der Waals surface area (Å²) in [6.07, 6.45) is -2.05. The lowest BCUT2D eigenvalue weighted by Crippen LogP contribution is -2.33. The summed E-state index contributed by atoms with van der Waals surface area (Å²) in [5, 5.41) is 10.7. The summed E-state index contributed by atoms with van der Waals surface area (Å²) in [7, 11) is 0. The monoisotopic (exact) mass is 304 g/mol. The summed E-state index contributed by atoms with van der Waals surface area (Å²) < 4.78 is 44.0. The van der Waals surface area contributed by atoms with E-state index < -0.39 is 22.4 Å². The van der Waals surface area contributed by atoms with Crippen molar-refractivity contribution in [2.45, 2.75) is 44.0 Å². The first kappa shape index (κ1) is 15.6. The van der Waals surface area contributed by atoms with Crippen molar-refractivity contribution < 1.29 is 22.8 Å². The Labute approximate surface area is 119 Å². The highest BCUT2D eigenvalue weighted by Crippen LogP contribution is 2.38. The molecule has 2 rings (SSSR count). The summed E-state index contributed by atoms with van der Waals surface area (Å²) in [6, 6.07) is 2.66. The maximum atomic E-state index is 12.8. The molecule has 0 bridgehead atoms. The SMILES string of the molecule is NC1CCCC(Oc2ccc([N+](=O)[O-])c(C(F)(F)F)c2)C1. The zero-order chi connectivity index (χ0) is 15.6. The van der Waals surface area contributed by atoms with Gasteiger partial charge in [0, 0.05) is 12.1 Å². The zero-order valence-electron chi connectivity index (χ0n) is 11.1. The molecule has 2 atom stereocenters. The van der Waals surface area contributed by atoms with Gasteiger partial charge >= 0.3 is 6.18 Å². The van der Waals surface area contributed by atoms with Crippen LogP contribution < -0.4 is 10.5 Å². The fraction of sp³-hybridized carbons (Fsp3) is 0.538. The van der Waals surface area contributed by atoms with Crippen LogP contribution in [0.3, 0.4) is 0 Å². The molecule has 8 heteroatoms. The van der Waals surface area contributed by atoms with Crippen molar-refractivity contribution in [1.82, 2.24) is 0 Å². The van der Waals surface area contributed by atoms with E-state index in [9.17, 15) is 23.3 Å². The minimum Gasteiger partial charge on any atom is -0.490 e. The first-order valence-corrected chi connectivity index (χ1v) is 6.55. The van der Waals surface area contributed by atoms with Gasteiger partial charge in [-0.15, -0.1) is 0 Å². The van der Waals surface area contributed by atoms with E-state index in [1.54, 1.807) is 0 Å². The lowest BCUT2D eigenvalue weighted by atomic mass is 9.93. The van der Waals surface area contributed by atoms with Crippen LogP contribution in [0.1, 0.15) is 31.2 Å². The van der Waals surface area contributed by atoms with Crippen LogP contribution in [0.15, 0.2) is 18.2 Å². The largest absolute Gasteiger partial charge is 0.490 e. The molecule has 2 unspecified atom stereocenters. The van der Waals surface area contributed by atoms with Crippen LogP contribution in [0.5, 0.6) is 5.75 Å². The van der Waals surface area contributed by atoms with Gasteiger partial charge < -0.3 is 10.5 Å². The molecule has 1 aliphatic rings. The van der Waals surface area contributed by atoms with E-state index in [1.807, 2.05) is 0 Å². The van der Waals surface area contributed by atoms with E-state index in [-0.39, 0.29) is 17.9 Å². The van der Waals surface area contributed by atoms with Gasteiger partial charge in [-0.05, 0) is 37.8 Å². The summed E-state index contributed by atoms with van der Waals surface area (Å²) in [6.45, 7) is 0. The molecule has 0 amide bonds. The Bertz CT molecular complexity index is 534. The van der Waals surface area contributed by atoms with Crippen molar-refractivity contribution in [3.05, 3.63) is 33.9 Å². The molecule has 1 aliphatic carbocycles. The molecule has 1 saturated carbocycles. The highest BCUT2D eigenvalue weighted by atomic mass is 19.4. The van der Waals surface area contributed by atoms with Gasteiger partial charge in [0.25, 0.3) is 5.69 Å². The second-order valence-electron chi connectivity index (χ2n) is 5.10. The Hall–Kier alpha value is -1.83. The van der Waals surface area contributed by atoms with Gasteiger partial charge in [-0.2, -0.15) is 13.2 Å². The number of hydrogen-bond acceptors (Lipinski definition) is 4. The van der Waals surface area contributed by atoms with Crippen LogP contribution >= 0.6 is 0 Å². The van der Waals surface area contributed by atoms with Gasteiger partial charge in [0.15, 0.2) is 0 Å². The summed E-state index contributed by atoms with van der Waals surface area (Å²) >= 11 is 0. The molecule has 0 radical (unpaired) electrons. The van der Waals surface area contributed by atoms with E-state index in [1.165, 1.54) is 6.07 Å². The lowest BCUT2D eigenvalue weighted by Gasteiger charge is -2.27. The molecule has 21 heavy (non-hydrogen) atoms. The standard InChI is InChI=1S/C13H15F3N2O3/c14-13(15,16)11-7-10(4-5-12(11)18(19)20)21-9-3-1-2-8(17)6-9/h4-5,7-9H,1-3,6,17H2. The molecule has 1 aromatic carbocycles. The Morgan fingerprint density at radius 2 is 2.05 bits per heavy atom. The first-order chi connectivity index (χ1) is 9.77. The van der Waals surface area contributed by atoms with Crippen LogP contribution in [0.4, 0.5) is 18.9 Å². The minimum atomic E-state index is -4.80. The summed E-state index contributed by atoms with van der Waals surface area (Å²) in [5.74, 6) is -0.0213. The Morgan fingerprint density at radius 1 is 1.33 bits per heavy atom. The van der Waals surface area contributed by atoms with Gasteiger partial charge in [-0.25, -0.2) is 0 Å². The number of nitro groups is 1. The average molecular weight is 304 g/mol. The number of rotatable bonds is 3. The van der Waals surface area contributed by atoms with E-state index >= 15 is 0 Å². The third-order valence-electron chi connectivity index (χ3n) is 3.44. The molecule has 0 spiro atoms. The number of hydrogen-bond donors (Lipinski definition) is 1. The Kier molecular flexibility index (Phi) is 4.36. The van der Waals surface area contributed by atoms with Gasteiger partial charge in [-0.1, -0.05) is 0 Å². The number of halogens is 3. The van der Waals surface area contributed by atoms with Crippen molar-refractivity contribution in [3.63, 3.8) is 0 Å². The van der Waals surface area contributed by atoms with Crippen molar-refractivity contribution in [2.75, 3.05) is 0 Å². The van der Waals surface area contributed by atoms with E-state index in [2.05, 4.69) is 0 Å². The minimum absolute atomic E-state index is 0.0213. The van der Waals surface area contributed by atoms with E-state index in [0.717, 1.165) is 18.9 Å². The molecule has 1 aromatic rings. The number of benzene rings is 1. The fourth-order valence-electron chi connectivity index (χ4n) is 2.46. The molecule has 0 aliphatic heterocycles. The van der Waals surface area contributed by atoms with Crippen LogP contribution in [-0.2, 0) is 6.18 Å². The van der Waals surface area contributed by atoms with Gasteiger partial charge in [0.05, 0.1) is 4.92 Å². The molecule has 0 saturated heterocycles. The van der Waals surface area contributed by atoms with Crippen LogP contribution in [0.25, 0.3) is 0 Å². The van der Waals surface area contributed by atoms with Crippen LogP contribution in [0, 0.1) is 10.1 Å². The third kappa shape index (κ3) is 3.84. The second-order valence-corrected chi connectivity index (χ2v) is 5.10. The molecule has 2 N–H and O–H groups in total. The molecular weight excluding hydrogens is 289 g/mol. The van der Waals surface area contributed by atoms with Gasteiger partial charge in [0.2, 0.25) is 0 Å². The molecule has 0 aromatic heterocycles. The van der Waals surface area contributed by atoms with Crippen molar-refractivity contribution in [1.29, 1.82) is 0 Å². The van der Waals surface area contributed by atoms with Crippen molar-refractivity contribution >= 4 is 5.69 Å². The highest BCUT2D eigenvalue weighted by molar-refractivity contribution is 5.47. The van der Waals surface area contributed by atoms with Gasteiger partial charge in [0.1, 0.15) is 17.4 Å². The normalized spacial score (nSPS) is 22.9. The zero-order valence-corrected chi connectivity index (χ0v) is 11.1. The van der Waals surface area contributed by atoms with Crippen molar-refractivity contribution in [3.8, 4) is 5.75 Å². The quantitative estimate of drug-likeness (QED) is 0.686. The topological polar surface area (TPSA) is 78.4 Å². The highest BCUT2D eigenvalue weighted by Gasteiger charge is 2.38. The number of alkyl halides is 3. The van der Waals surface area contributed by atoms with E-state index in [4.69, 9.17) is 10.5 Å². The fourth-order valence-corrected chi connectivity index (χ4v) is 2.46. The predicted octanol–water partition coefficient (Wildman–Crippen LogP) is 3.26. The summed E-state index contributed by atoms with van der Waals surface area (Å²) in [5.41, 5.74) is 3.51. The smallest absolute Gasteiger partial charge is 0.423 e. The average Bonchev–Trinajstić information content (AvgIpc) is 2.37. The lowest BCUT2D eigenvalue weighted by molar-refractivity contribution is -0.388. The Morgan fingerprint density at radius 3 is 2.62 bits per heavy atom. The number of nitrogens with two attached hydrogens (primary N) is 1. The number of nitro benzene ring substituents is 1. The van der Waals surface area contributed by atoms with Crippen LogP contribution in [-0.4, -0.2) is 17.1 Å². The van der Waals surface area contributed by atoms with Crippen LogP contribution in [0.2, 0.25) is 0 Å². The van der Waals surface area contributed by atoms with Crippen molar-refractivity contribution in [2.24, 2.45) is 5.73 Å². The maximum absolute atomic E-state index is 12.8. The predicted molar refractivity (Wildman–Crippen MR) is 69.0 cm³/mol. The number of nitrogens with zero attached hydrogens (tertiary/aromatic N) is 1. The van der Waals surface area contributed by atoms with Gasteiger partial charge in [-0.3, -0.25) is 10.1 Å². The maximum Gasteiger partial charge on any atom is 0.423 e. The second kappa shape index (κ2) is 5.88. The first-order valence-electron chi connectivity index (χ1n) is 6.55. The van der Waals surface area contributed by atoms with E-state index in [0.29, 0.717) is 18.9 Å². The summed E-state index contributed by atoms with van der Waals surface area (Å²) in [4.78, 5) is 9.61. The molecule has 116 valence electrons. The third-order valence-corrected chi connectivity index (χ3v) is 3.44. The molecular formula is C13H15F3N2O3. The molecule has 0 heterocycles. The number of ether oxygens (including phenoxy) is 1. The molecule has 5 nitrogen and oxygen atoms in total. The molecule has 1 fully saturated rings. The Balaban J connectivity index is 2.23.